The lowest BCUT2D eigenvalue weighted by Crippen LogP contribution is -2.44. The third-order valence-electron chi connectivity index (χ3n) is 5.42. The summed E-state index contributed by atoms with van der Waals surface area (Å²) in [4.78, 5) is 29.2. The van der Waals surface area contributed by atoms with E-state index in [0.29, 0.717) is 5.69 Å². The van der Waals surface area contributed by atoms with Gasteiger partial charge in [0.2, 0.25) is 15.9 Å². The quantitative estimate of drug-likeness (QED) is 0.798. The summed E-state index contributed by atoms with van der Waals surface area (Å²) in [5.74, 6) is -1.05. The largest absolute Gasteiger partial charge is 0.369 e. The molecule has 0 aliphatic carbocycles. The van der Waals surface area contributed by atoms with Crippen LogP contribution < -0.4 is 14.5 Å². The van der Waals surface area contributed by atoms with Crippen LogP contribution in [0, 0.1) is 0 Å². The fraction of sp³-hybridized carbons (Fsp3) is 0.333. The summed E-state index contributed by atoms with van der Waals surface area (Å²) in [5.41, 5.74) is 2.23. The van der Waals surface area contributed by atoms with Crippen LogP contribution >= 0.6 is 0 Å². The first-order valence-electron chi connectivity index (χ1n) is 9.84. The van der Waals surface area contributed by atoms with E-state index < -0.39 is 15.9 Å². The SMILES string of the molecule is CN1CCN(c2ccc(NC(=O)c3cccc(N4C(=O)CCS4(=O)=O)c3)cc2)CC1. The molecular formula is C21H24N4O4S. The average molecular weight is 429 g/mol. The molecule has 0 saturated carbocycles. The molecule has 0 bridgehead atoms. The molecule has 0 spiro atoms. The van der Waals surface area contributed by atoms with Gasteiger partial charge in [0.25, 0.3) is 5.91 Å². The lowest BCUT2D eigenvalue weighted by Gasteiger charge is -2.34. The number of likely N-dealkylation sites (N-methyl/N-ethyl adjacent to an activating group) is 1. The van der Waals surface area contributed by atoms with Crippen LogP contribution in [0.25, 0.3) is 0 Å². The number of amides is 2. The van der Waals surface area contributed by atoms with Crippen LogP contribution in [0.2, 0.25) is 0 Å². The summed E-state index contributed by atoms with van der Waals surface area (Å²) < 4.78 is 25.0. The number of nitrogens with zero attached hydrogens (tertiary/aromatic N) is 3. The number of carbonyl (C=O) groups is 2. The minimum Gasteiger partial charge on any atom is -0.369 e. The van der Waals surface area contributed by atoms with Gasteiger partial charge in [-0.25, -0.2) is 12.7 Å². The van der Waals surface area contributed by atoms with Gasteiger partial charge in [-0.1, -0.05) is 6.07 Å². The molecule has 158 valence electrons. The summed E-state index contributed by atoms with van der Waals surface area (Å²) in [6, 6.07) is 13.8. The molecule has 30 heavy (non-hydrogen) atoms. The Balaban J connectivity index is 1.46. The van der Waals surface area contributed by atoms with Gasteiger partial charge in [0, 0.05) is 49.5 Å². The van der Waals surface area contributed by atoms with Crippen LogP contribution in [0.5, 0.6) is 0 Å². The van der Waals surface area contributed by atoms with E-state index >= 15 is 0 Å². The molecule has 2 aromatic rings. The van der Waals surface area contributed by atoms with E-state index in [1.165, 1.54) is 12.1 Å². The second-order valence-corrected chi connectivity index (χ2v) is 9.50. The summed E-state index contributed by atoms with van der Waals surface area (Å²) in [7, 11) is -1.55. The van der Waals surface area contributed by atoms with E-state index in [4.69, 9.17) is 0 Å². The zero-order valence-electron chi connectivity index (χ0n) is 16.7. The van der Waals surface area contributed by atoms with Crippen molar-refractivity contribution in [1.82, 2.24) is 4.90 Å². The van der Waals surface area contributed by atoms with Crippen LogP contribution in [-0.2, 0) is 14.8 Å². The highest BCUT2D eigenvalue weighted by molar-refractivity contribution is 7.94. The topological polar surface area (TPSA) is 90.0 Å². The van der Waals surface area contributed by atoms with Gasteiger partial charge in [-0.2, -0.15) is 0 Å². The molecule has 2 aromatic carbocycles. The van der Waals surface area contributed by atoms with E-state index in [0.717, 1.165) is 36.2 Å². The molecule has 2 aliphatic heterocycles. The molecule has 2 aliphatic rings. The molecule has 2 saturated heterocycles. The van der Waals surface area contributed by atoms with E-state index in [1.54, 1.807) is 12.1 Å². The molecule has 2 heterocycles. The van der Waals surface area contributed by atoms with E-state index in [-0.39, 0.29) is 29.3 Å². The van der Waals surface area contributed by atoms with Crippen molar-refractivity contribution in [3.05, 3.63) is 54.1 Å². The van der Waals surface area contributed by atoms with Crippen molar-refractivity contribution >= 4 is 38.9 Å². The Morgan fingerprint density at radius 1 is 0.967 bits per heavy atom. The van der Waals surface area contributed by atoms with Crippen LogP contribution in [0.1, 0.15) is 16.8 Å². The minimum atomic E-state index is -3.67. The van der Waals surface area contributed by atoms with Crippen molar-refractivity contribution in [2.24, 2.45) is 0 Å². The number of rotatable bonds is 4. The molecular weight excluding hydrogens is 404 g/mol. The maximum absolute atomic E-state index is 12.7. The Kier molecular flexibility index (Phi) is 5.48. The van der Waals surface area contributed by atoms with Crippen molar-refractivity contribution in [2.75, 3.05) is 53.5 Å². The van der Waals surface area contributed by atoms with Crippen molar-refractivity contribution < 1.29 is 18.0 Å². The fourth-order valence-electron chi connectivity index (χ4n) is 3.67. The Bertz CT molecular complexity index is 1060. The Labute approximate surface area is 176 Å². The van der Waals surface area contributed by atoms with Gasteiger partial charge in [0.15, 0.2) is 0 Å². The third kappa shape index (κ3) is 4.17. The first kappa shape index (κ1) is 20.4. The number of carbonyl (C=O) groups excluding carboxylic acids is 2. The molecule has 8 nitrogen and oxygen atoms in total. The summed E-state index contributed by atoms with van der Waals surface area (Å²) in [6.07, 6.45) is -0.0432. The Hall–Kier alpha value is -2.91. The number of hydrogen-bond donors (Lipinski definition) is 1. The summed E-state index contributed by atoms with van der Waals surface area (Å²) >= 11 is 0. The molecule has 2 amide bonds. The normalized spacial score (nSPS) is 19.2. The molecule has 4 rings (SSSR count). The van der Waals surface area contributed by atoms with Gasteiger partial charge in [-0.05, 0) is 49.5 Å². The fourth-order valence-corrected chi connectivity index (χ4v) is 5.12. The number of piperazine rings is 1. The smallest absolute Gasteiger partial charge is 0.255 e. The predicted molar refractivity (Wildman–Crippen MR) is 116 cm³/mol. The van der Waals surface area contributed by atoms with Crippen LogP contribution in [0.15, 0.2) is 48.5 Å². The highest BCUT2D eigenvalue weighted by Crippen LogP contribution is 2.26. The van der Waals surface area contributed by atoms with Crippen molar-refractivity contribution in [3.8, 4) is 0 Å². The Morgan fingerprint density at radius 3 is 2.30 bits per heavy atom. The summed E-state index contributed by atoms with van der Waals surface area (Å²) in [5, 5.41) is 2.83. The second kappa shape index (κ2) is 8.08. The molecule has 0 radical (unpaired) electrons. The molecule has 2 fully saturated rings. The molecule has 0 atom stereocenters. The monoisotopic (exact) mass is 428 g/mol. The van der Waals surface area contributed by atoms with Crippen LogP contribution in [0.3, 0.4) is 0 Å². The third-order valence-corrected chi connectivity index (χ3v) is 7.11. The van der Waals surface area contributed by atoms with Gasteiger partial charge in [-0.15, -0.1) is 0 Å². The van der Waals surface area contributed by atoms with Crippen molar-refractivity contribution in [2.45, 2.75) is 6.42 Å². The van der Waals surface area contributed by atoms with E-state index in [9.17, 15) is 18.0 Å². The first-order valence-corrected chi connectivity index (χ1v) is 11.5. The lowest BCUT2D eigenvalue weighted by molar-refractivity contribution is -0.116. The Morgan fingerprint density at radius 2 is 1.67 bits per heavy atom. The van der Waals surface area contributed by atoms with Crippen molar-refractivity contribution in [3.63, 3.8) is 0 Å². The van der Waals surface area contributed by atoms with Gasteiger partial charge >= 0.3 is 0 Å². The number of hydrogen-bond acceptors (Lipinski definition) is 6. The van der Waals surface area contributed by atoms with E-state index in [1.807, 2.05) is 24.3 Å². The van der Waals surface area contributed by atoms with Crippen molar-refractivity contribution in [1.29, 1.82) is 0 Å². The van der Waals surface area contributed by atoms with Gasteiger partial charge in [0.05, 0.1) is 11.4 Å². The van der Waals surface area contributed by atoms with E-state index in [2.05, 4.69) is 22.2 Å². The maximum Gasteiger partial charge on any atom is 0.255 e. The van der Waals surface area contributed by atoms with Gasteiger partial charge in [0.1, 0.15) is 0 Å². The maximum atomic E-state index is 12.7. The number of sulfonamides is 1. The molecule has 0 unspecified atom stereocenters. The van der Waals surface area contributed by atoms with Crippen LogP contribution in [-0.4, -0.2) is 64.1 Å². The molecule has 0 aromatic heterocycles. The minimum absolute atomic E-state index is 0.0432. The summed E-state index contributed by atoms with van der Waals surface area (Å²) in [6.45, 7) is 3.97. The van der Waals surface area contributed by atoms with Gasteiger partial charge < -0.3 is 15.1 Å². The number of anilines is 3. The first-order chi connectivity index (χ1) is 14.3. The lowest BCUT2D eigenvalue weighted by atomic mass is 10.1. The number of nitrogens with one attached hydrogen (secondary N) is 1. The predicted octanol–water partition coefficient (Wildman–Crippen LogP) is 1.76. The average Bonchev–Trinajstić information content (AvgIpc) is 3.01. The highest BCUT2D eigenvalue weighted by atomic mass is 32.2. The van der Waals surface area contributed by atoms with Gasteiger partial charge in [-0.3, -0.25) is 9.59 Å². The standard InChI is InChI=1S/C21H24N4O4S/c1-23-10-12-24(13-11-23)18-7-5-17(6-8-18)22-21(27)16-3-2-4-19(15-16)25-20(26)9-14-30(25,28)29/h2-8,15H,9-14H2,1H3,(H,22,27). The second-order valence-electron chi connectivity index (χ2n) is 7.57. The number of benzene rings is 2. The van der Waals surface area contributed by atoms with Crippen LogP contribution in [0.4, 0.5) is 17.1 Å². The zero-order chi connectivity index (χ0) is 21.3. The zero-order valence-corrected chi connectivity index (χ0v) is 17.6. The molecule has 9 heteroatoms. The highest BCUT2D eigenvalue weighted by Gasteiger charge is 2.36. The molecule has 1 N–H and O–H groups in total.